The molecule has 0 fully saturated rings. The molecule has 0 saturated carbocycles. The number of ether oxygens (including phenoxy) is 2. The van der Waals surface area contributed by atoms with Crippen LogP contribution in [0.15, 0.2) is 60.7 Å². The zero-order valence-corrected chi connectivity index (χ0v) is 17.1. The van der Waals surface area contributed by atoms with Gasteiger partial charge in [-0.15, -0.1) is 0 Å². The van der Waals surface area contributed by atoms with Gasteiger partial charge < -0.3 is 19.7 Å². The van der Waals surface area contributed by atoms with Gasteiger partial charge >= 0.3 is 0 Å². The van der Waals surface area contributed by atoms with E-state index in [0.717, 1.165) is 12.1 Å². The van der Waals surface area contributed by atoms with Crippen molar-refractivity contribution in [2.24, 2.45) is 0 Å². The van der Waals surface area contributed by atoms with E-state index in [9.17, 15) is 29.4 Å². The minimum absolute atomic E-state index is 0.0328. The summed E-state index contributed by atoms with van der Waals surface area (Å²) in [4.78, 5) is 50.5. The lowest BCUT2D eigenvalue weighted by molar-refractivity contribution is 0.0810. The number of hydrogen-bond acceptors (Lipinski definition) is 8. The topological polar surface area (TPSA) is 127 Å². The molecule has 0 aliphatic rings. The number of methoxy groups -OCH3 is 2. The molecule has 0 bridgehead atoms. The average Bonchev–Trinajstić information content (AvgIpc) is 2.82. The molecule has 3 aromatic carbocycles. The van der Waals surface area contributed by atoms with Crippen LogP contribution in [0.25, 0.3) is 0 Å². The van der Waals surface area contributed by atoms with Gasteiger partial charge in [0.25, 0.3) is 0 Å². The Bertz CT molecular complexity index is 1120. The lowest BCUT2D eigenvalue weighted by atomic mass is 9.95. The average molecular weight is 434 g/mol. The van der Waals surface area contributed by atoms with Crippen molar-refractivity contribution in [3.8, 4) is 23.0 Å². The van der Waals surface area contributed by atoms with E-state index in [1.165, 1.54) is 62.8 Å². The van der Waals surface area contributed by atoms with Crippen molar-refractivity contribution in [2.75, 3.05) is 14.2 Å². The van der Waals surface area contributed by atoms with Gasteiger partial charge in [-0.25, -0.2) is 0 Å². The maximum Gasteiger partial charge on any atom is 0.237 e. The molecule has 0 amide bonds. The maximum absolute atomic E-state index is 12.7. The number of carbonyl (C=O) groups excluding carboxylic acids is 4. The molecule has 0 aliphatic heterocycles. The molecule has 3 aromatic rings. The predicted octanol–water partition coefficient (Wildman–Crippen LogP) is 3.25. The Morgan fingerprint density at radius 2 is 0.906 bits per heavy atom. The number of Topliss-reactive ketones (excluding diaryl/α,β-unsaturated/α-hetero) is 4. The molecular weight excluding hydrogens is 416 g/mol. The second-order valence-electron chi connectivity index (χ2n) is 6.66. The van der Waals surface area contributed by atoms with Crippen LogP contribution in [0, 0.1) is 0 Å². The maximum atomic E-state index is 12.7. The number of hydrogen-bond donors (Lipinski definition) is 2. The first-order chi connectivity index (χ1) is 15.3. The Labute approximate surface area is 182 Å². The Hall–Kier alpha value is -4.46. The summed E-state index contributed by atoms with van der Waals surface area (Å²) in [5, 5.41) is 20.2. The van der Waals surface area contributed by atoms with Crippen LogP contribution >= 0.6 is 0 Å². The highest BCUT2D eigenvalue weighted by Gasteiger charge is 2.27. The first-order valence-corrected chi connectivity index (χ1v) is 9.29. The third kappa shape index (κ3) is 4.34. The molecule has 8 nitrogen and oxygen atoms in total. The van der Waals surface area contributed by atoms with Crippen molar-refractivity contribution in [2.45, 2.75) is 0 Å². The molecule has 0 atom stereocenters. The largest absolute Gasteiger partial charge is 0.507 e. The quantitative estimate of drug-likeness (QED) is 0.409. The standard InChI is InChI=1S/C24H18O8/c1-31-15-7-3-13(4-8-15)21(27)23(29)17-11-18(20(26)12-19(17)25)24(30)22(28)14-5-9-16(32-2)10-6-14/h3-12,25-26H,1-2H3. The smallest absolute Gasteiger partial charge is 0.237 e. The Balaban J connectivity index is 1.93. The van der Waals surface area contributed by atoms with E-state index in [1.54, 1.807) is 0 Å². The van der Waals surface area contributed by atoms with E-state index in [-0.39, 0.29) is 11.1 Å². The van der Waals surface area contributed by atoms with E-state index in [4.69, 9.17) is 9.47 Å². The summed E-state index contributed by atoms with van der Waals surface area (Å²) in [5.41, 5.74) is -0.972. The summed E-state index contributed by atoms with van der Waals surface area (Å²) in [6, 6.07) is 13.0. The Morgan fingerprint density at radius 3 is 1.22 bits per heavy atom. The van der Waals surface area contributed by atoms with Crippen molar-refractivity contribution in [3.05, 3.63) is 82.9 Å². The van der Waals surface area contributed by atoms with Crippen molar-refractivity contribution in [1.29, 1.82) is 0 Å². The number of phenolic OH excluding ortho intramolecular Hbond substituents is 2. The third-order valence-corrected chi connectivity index (χ3v) is 4.72. The fourth-order valence-electron chi connectivity index (χ4n) is 2.93. The van der Waals surface area contributed by atoms with E-state index >= 15 is 0 Å². The Morgan fingerprint density at radius 1 is 0.562 bits per heavy atom. The second-order valence-corrected chi connectivity index (χ2v) is 6.66. The zero-order chi connectivity index (χ0) is 23.4. The molecule has 8 heteroatoms. The minimum Gasteiger partial charge on any atom is -0.507 e. The molecule has 0 saturated heterocycles. The van der Waals surface area contributed by atoms with E-state index in [0.29, 0.717) is 11.5 Å². The first-order valence-electron chi connectivity index (χ1n) is 9.29. The number of ketones is 4. The van der Waals surface area contributed by atoms with Crippen molar-refractivity contribution < 1.29 is 38.9 Å². The fraction of sp³-hybridized carbons (Fsp3) is 0.0833. The van der Waals surface area contributed by atoms with Gasteiger partial charge in [-0.3, -0.25) is 19.2 Å². The monoisotopic (exact) mass is 434 g/mol. The molecule has 0 aliphatic carbocycles. The lowest BCUT2D eigenvalue weighted by Crippen LogP contribution is -2.18. The molecule has 2 N–H and O–H groups in total. The van der Waals surface area contributed by atoms with E-state index in [1.807, 2.05) is 0 Å². The Kier molecular flexibility index (Phi) is 6.34. The number of phenols is 2. The van der Waals surface area contributed by atoms with Gasteiger partial charge in [0.15, 0.2) is 0 Å². The molecule has 0 aromatic heterocycles. The minimum atomic E-state index is -1.11. The van der Waals surface area contributed by atoms with Crippen molar-refractivity contribution in [1.82, 2.24) is 0 Å². The summed E-state index contributed by atoms with van der Waals surface area (Å²) in [5.74, 6) is -4.58. The second kappa shape index (κ2) is 9.13. The highest BCUT2D eigenvalue weighted by Crippen LogP contribution is 2.30. The zero-order valence-electron chi connectivity index (χ0n) is 17.1. The molecule has 0 unspecified atom stereocenters. The number of aromatic hydroxyl groups is 2. The SMILES string of the molecule is COc1ccc(C(=O)C(=O)c2cc(C(=O)C(=O)c3ccc(OC)cc3)c(O)cc2O)cc1. The van der Waals surface area contributed by atoms with Crippen LogP contribution in [0.4, 0.5) is 0 Å². The van der Waals surface area contributed by atoms with Crippen molar-refractivity contribution in [3.63, 3.8) is 0 Å². The summed E-state index contributed by atoms with van der Waals surface area (Å²) in [6.07, 6.45) is 0. The summed E-state index contributed by atoms with van der Waals surface area (Å²) in [6.45, 7) is 0. The third-order valence-electron chi connectivity index (χ3n) is 4.72. The molecule has 0 radical (unpaired) electrons. The van der Waals surface area contributed by atoms with Crippen LogP contribution < -0.4 is 9.47 Å². The first kappa shape index (κ1) is 22.2. The van der Waals surface area contributed by atoms with Gasteiger partial charge in [0.2, 0.25) is 23.1 Å². The molecular formula is C24H18O8. The molecule has 0 heterocycles. The van der Waals surface area contributed by atoms with E-state index in [2.05, 4.69) is 0 Å². The highest BCUT2D eigenvalue weighted by molar-refractivity contribution is 6.51. The summed E-state index contributed by atoms with van der Waals surface area (Å²) >= 11 is 0. The van der Waals surface area contributed by atoms with Gasteiger partial charge in [-0.2, -0.15) is 0 Å². The van der Waals surface area contributed by atoms with Gasteiger partial charge in [-0.05, 0) is 54.6 Å². The van der Waals surface area contributed by atoms with Crippen LogP contribution in [0.5, 0.6) is 23.0 Å². The molecule has 0 spiro atoms. The summed E-state index contributed by atoms with van der Waals surface area (Å²) in [7, 11) is 2.89. The van der Waals surface area contributed by atoms with Gasteiger partial charge in [0, 0.05) is 17.2 Å². The van der Waals surface area contributed by atoms with Gasteiger partial charge in [-0.1, -0.05) is 0 Å². The number of rotatable bonds is 8. The van der Waals surface area contributed by atoms with Crippen LogP contribution in [-0.4, -0.2) is 47.6 Å². The molecule has 3 rings (SSSR count). The number of carbonyl (C=O) groups is 4. The van der Waals surface area contributed by atoms with Crippen LogP contribution in [0.3, 0.4) is 0 Å². The predicted molar refractivity (Wildman–Crippen MR) is 113 cm³/mol. The summed E-state index contributed by atoms with van der Waals surface area (Å²) < 4.78 is 10.00. The van der Waals surface area contributed by atoms with E-state index < -0.39 is 45.8 Å². The normalized spacial score (nSPS) is 10.3. The lowest BCUT2D eigenvalue weighted by Gasteiger charge is -2.09. The van der Waals surface area contributed by atoms with Crippen LogP contribution in [0.2, 0.25) is 0 Å². The highest BCUT2D eigenvalue weighted by atomic mass is 16.5. The van der Waals surface area contributed by atoms with Crippen LogP contribution in [-0.2, 0) is 0 Å². The van der Waals surface area contributed by atoms with Gasteiger partial charge in [0.1, 0.15) is 23.0 Å². The van der Waals surface area contributed by atoms with Gasteiger partial charge in [0.05, 0.1) is 25.3 Å². The fourth-order valence-corrected chi connectivity index (χ4v) is 2.93. The number of benzene rings is 3. The molecule has 162 valence electrons. The van der Waals surface area contributed by atoms with Crippen LogP contribution in [0.1, 0.15) is 41.4 Å². The molecule has 32 heavy (non-hydrogen) atoms. The van der Waals surface area contributed by atoms with Crippen molar-refractivity contribution >= 4 is 23.1 Å².